The SMILES string of the molecule is CSC(=Nc1ccccc1C(=O)N1CCN(C(=O)c2ccccc2)CC1)NC#N. The van der Waals surface area contributed by atoms with Gasteiger partial charge in [-0.3, -0.25) is 14.9 Å². The van der Waals surface area contributed by atoms with E-state index in [2.05, 4.69) is 10.3 Å². The van der Waals surface area contributed by atoms with Crippen molar-refractivity contribution < 1.29 is 9.59 Å². The number of piperazine rings is 1. The van der Waals surface area contributed by atoms with Crippen molar-refractivity contribution in [3.8, 4) is 6.19 Å². The largest absolute Gasteiger partial charge is 0.335 e. The maximum absolute atomic E-state index is 13.1. The number of nitrogens with one attached hydrogen (secondary N) is 1. The van der Waals surface area contributed by atoms with Crippen molar-refractivity contribution in [2.75, 3.05) is 32.4 Å². The Morgan fingerprint density at radius 3 is 2.17 bits per heavy atom. The van der Waals surface area contributed by atoms with Crippen molar-refractivity contribution in [2.24, 2.45) is 4.99 Å². The fourth-order valence-electron chi connectivity index (χ4n) is 3.08. The molecule has 0 bridgehead atoms. The first-order valence-corrected chi connectivity index (χ1v) is 10.4. The predicted octanol–water partition coefficient (Wildman–Crippen LogP) is 2.71. The number of hydrogen-bond acceptors (Lipinski definition) is 5. The zero-order valence-electron chi connectivity index (χ0n) is 16.0. The number of benzene rings is 2. The van der Waals surface area contributed by atoms with E-state index in [1.54, 1.807) is 52.5 Å². The summed E-state index contributed by atoms with van der Waals surface area (Å²) in [7, 11) is 0. The van der Waals surface area contributed by atoms with Gasteiger partial charge in [0.1, 0.15) is 0 Å². The summed E-state index contributed by atoms with van der Waals surface area (Å²) >= 11 is 1.29. The number of hydrogen-bond donors (Lipinski definition) is 1. The van der Waals surface area contributed by atoms with Crippen LogP contribution >= 0.6 is 11.8 Å². The van der Waals surface area contributed by atoms with Gasteiger partial charge in [-0.25, -0.2) is 4.99 Å². The second-order valence-corrected chi connectivity index (χ2v) is 7.12. The molecule has 1 fully saturated rings. The minimum absolute atomic E-state index is 0.0186. The fraction of sp³-hybridized carbons (Fsp3) is 0.238. The fourth-order valence-corrected chi connectivity index (χ4v) is 3.42. The van der Waals surface area contributed by atoms with Crippen molar-refractivity contribution in [1.29, 1.82) is 5.26 Å². The molecule has 0 radical (unpaired) electrons. The van der Waals surface area contributed by atoms with Crippen molar-refractivity contribution >= 4 is 34.4 Å². The highest BCUT2D eigenvalue weighted by Crippen LogP contribution is 2.22. The molecule has 0 aliphatic carbocycles. The Bertz CT molecular complexity index is 947. The summed E-state index contributed by atoms with van der Waals surface area (Å²) in [6.07, 6.45) is 3.65. The van der Waals surface area contributed by atoms with Gasteiger partial charge < -0.3 is 9.80 Å². The van der Waals surface area contributed by atoms with E-state index in [9.17, 15) is 9.59 Å². The number of thioether (sulfide) groups is 1. The Morgan fingerprint density at radius 2 is 1.55 bits per heavy atom. The summed E-state index contributed by atoms with van der Waals surface area (Å²) in [4.78, 5) is 33.5. The lowest BCUT2D eigenvalue weighted by Gasteiger charge is -2.35. The van der Waals surface area contributed by atoms with E-state index in [0.29, 0.717) is 48.2 Å². The van der Waals surface area contributed by atoms with Gasteiger partial charge in [-0.05, 0) is 30.5 Å². The van der Waals surface area contributed by atoms with E-state index in [-0.39, 0.29) is 11.8 Å². The van der Waals surface area contributed by atoms with Crippen molar-refractivity contribution in [3.63, 3.8) is 0 Å². The van der Waals surface area contributed by atoms with Gasteiger partial charge >= 0.3 is 0 Å². The number of nitriles is 1. The quantitative estimate of drug-likeness (QED) is 0.366. The second-order valence-electron chi connectivity index (χ2n) is 6.33. The van der Waals surface area contributed by atoms with Crippen LogP contribution in [0, 0.1) is 11.5 Å². The van der Waals surface area contributed by atoms with E-state index < -0.39 is 0 Å². The van der Waals surface area contributed by atoms with Crippen LogP contribution in [0.1, 0.15) is 20.7 Å². The molecule has 148 valence electrons. The molecular weight excluding hydrogens is 386 g/mol. The number of amidine groups is 1. The van der Waals surface area contributed by atoms with Crippen molar-refractivity contribution in [1.82, 2.24) is 15.1 Å². The predicted molar refractivity (Wildman–Crippen MR) is 114 cm³/mol. The second kappa shape index (κ2) is 9.75. The van der Waals surface area contributed by atoms with Gasteiger partial charge in [0.05, 0.1) is 11.3 Å². The van der Waals surface area contributed by atoms with Crippen molar-refractivity contribution in [2.45, 2.75) is 0 Å². The number of nitrogens with zero attached hydrogens (tertiary/aromatic N) is 4. The lowest BCUT2D eigenvalue weighted by Crippen LogP contribution is -2.50. The van der Waals surface area contributed by atoms with E-state index >= 15 is 0 Å². The first kappa shape index (κ1) is 20.4. The van der Waals surface area contributed by atoms with E-state index in [1.807, 2.05) is 24.4 Å². The van der Waals surface area contributed by atoms with Gasteiger partial charge in [-0.2, -0.15) is 5.26 Å². The monoisotopic (exact) mass is 407 g/mol. The van der Waals surface area contributed by atoms with Crippen molar-refractivity contribution in [3.05, 3.63) is 65.7 Å². The molecule has 0 spiro atoms. The normalized spacial score (nSPS) is 14.3. The van der Waals surface area contributed by atoms with Crippen LogP contribution < -0.4 is 5.32 Å². The molecule has 3 rings (SSSR count). The summed E-state index contributed by atoms with van der Waals surface area (Å²) < 4.78 is 0. The maximum atomic E-state index is 13.1. The summed E-state index contributed by atoms with van der Waals surface area (Å²) in [6.45, 7) is 1.89. The van der Waals surface area contributed by atoms with Gasteiger partial charge in [0, 0.05) is 31.7 Å². The molecule has 0 saturated carbocycles. The molecule has 1 N–H and O–H groups in total. The van der Waals surface area contributed by atoms with Gasteiger partial charge in [-0.15, -0.1) is 0 Å². The number of carbonyl (C=O) groups excluding carboxylic acids is 2. The smallest absolute Gasteiger partial charge is 0.256 e. The molecule has 2 aromatic rings. The molecule has 1 aliphatic heterocycles. The lowest BCUT2D eigenvalue weighted by molar-refractivity contribution is 0.0536. The summed E-state index contributed by atoms with van der Waals surface area (Å²) in [5.41, 5.74) is 1.63. The van der Waals surface area contributed by atoms with Crippen LogP contribution in [0.5, 0.6) is 0 Å². The van der Waals surface area contributed by atoms with Crippen LogP contribution in [0.3, 0.4) is 0 Å². The summed E-state index contributed by atoms with van der Waals surface area (Å²) in [6, 6.07) is 16.2. The lowest BCUT2D eigenvalue weighted by atomic mass is 10.1. The highest BCUT2D eigenvalue weighted by molar-refractivity contribution is 8.13. The molecule has 1 saturated heterocycles. The molecule has 8 heteroatoms. The number of aliphatic imine (C=N–C) groups is 1. The van der Waals surface area contributed by atoms with Crippen LogP contribution in [0.25, 0.3) is 0 Å². The van der Waals surface area contributed by atoms with Crippen LogP contribution in [0.4, 0.5) is 5.69 Å². The summed E-state index contributed by atoms with van der Waals surface area (Å²) in [5, 5.41) is 11.7. The molecular formula is C21H21N5O2S. The molecule has 2 aromatic carbocycles. The highest BCUT2D eigenvalue weighted by Gasteiger charge is 2.26. The Hall–Kier alpha value is -3.31. The third kappa shape index (κ3) is 4.95. The number of para-hydroxylation sites is 1. The zero-order valence-corrected chi connectivity index (χ0v) is 16.9. The standard InChI is InChI=1S/C21H21N5O2S/c1-29-21(23-15-22)24-18-10-6-5-9-17(18)20(28)26-13-11-25(12-14-26)19(27)16-7-3-2-4-8-16/h2-10H,11-14H2,1H3,(H,23,24). The molecule has 0 aromatic heterocycles. The average Bonchev–Trinajstić information content (AvgIpc) is 2.79. The van der Waals surface area contributed by atoms with Crippen LogP contribution in [-0.4, -0.2) is 59.2 Å². The molecule has 0 unspecified atom stereocenters. The Balaban J connectivity index is 1.70. The third-order valence-electron chi connectivity index (χ3n) is 4.59. The van der Waals surface area contributed by atoms with E-state index in [1.165, 1.54) is 11.8 Å². The minimum Gasteiger partial charge on any atom is -0.335 e. The minimum atomic E-state index is -0.131. The number of amides is 2. The van der Waals surface area contributed by atoms with E-state index in [0.717, 1.165) is 0 Å². The molecule has 7 nitrogen and oxygen atoms in total. The van der Waals surface area contributed by atoms with Crippen LogP contribution in [-0.2, 0) is 0 Å². The molecule has 0 atom stereocenters. The third-order valence-corrected chi connectivity index (χ3v) is 5.17. The average molecular weight is 407 g/mol. The Kier molecular flexibility index (Phi) is 6.87. The van der Waals surface area contributed by atoms with Gasteiger partial charge in [0.2, 0.25) is 0 Å². The van der Waals surface area contributed by atoms with Gasteiger partial charge in [-0.1, -0.05) is 42.1 Å². The van der Waals surface area contributed by atoms with E-state index in [4.69, 9.17) is 5.26 Å². The molecule has 2 amide bonds. The summed E-state index contributed by atoms with van der Waals surface area (Å²) in [5.74, 6) is -0.150. The Labute approximate surface area is 174 Å². The molecule has 29 heavy (non-hydrogen) atoms. The van der Waals surface area contributed by atoms with Crippen LogP contribution in [0.15, 0.2) is 59.6 Å². The topological polar surface area (TPSA) is 88.8 Å². The number of rotatable bonds is 3. The maximum Gasteiger partial charge on any atom is 0.256 e. The van der Waals surface area contributed by atoms with Crippen LogP contribution in [0.2, 0.25) is 0 Å². The first-order valence-electron chi connectivity index (χ1n) is 9.14. The zero-order chi connectivity index (χ0) is 20.6. The molecule has 1 aliphatic rings. The first-order chi connectivity index (χ1) is 14.1. The highest BCUT2D eigenvalue weighted by atomic mass is 32.2. The number of carbonyl (C=O) groups is 2. The van der Waals surface area contributed by atoms with Gasteiger partial charge in [0.15, 0.2) is 11.4 Å². The molecule has 1 heterocycles. The van der Waals surface area contributed by atoms with Gasteiger partial charge in [0.25, 0.3) is 11.8 Å². The Morgan fingerprint density at radius 1 is 0.966 bits per heavy atom.